The summed E-state index contributed by atoms with van der Waals surface area (Å²) < 4.78 is 0. The first-order valence-corrected chi connectivity index (χ1v) is 4.15. The zero-order valence-corrected chi connectivity index (χ0v) is 8.30. The third kappa shape index (κ3) is 1.27. The van der Waals surface area contributed by atoms with Crippen molar-refractivity contribution in [2.45, 2.75) is 26.3 Å². The van der Waals surface area contributed by atoms with Crippen molar-refractivity contribution in [3.8, 4) is 0 Å². The predicted octanol–water partition coefficient (Wildman–Crippen LogP) is -0.904. The standard InChI is InChI=1S/C8H13N3O3/c1-7(2,9)8(3)4(12)10-6(14)11-5(8)13/h9H2,1-3H3,(H2,10,11,12,13,14). The number of carbonyl (C=O) groups excluding carboxylic acids is 3. The zero-order valence-electron chi connectivity index (χ0n) is 8.30. The molecule has 1 rings (SSSR count). The van der Waals surface area contributed by atoms with Gasteiger partial charge in [0.25, 0.3) is 0 Å². The van der Waals surface area contributed by atoms with Gasteiger partial charge >= 0.3 is 6.03 Å². The third-order valence-corrected chi connectivity index (χ3v) is 2.65. The van der Waals surface area contributed by atoms with E-state index in [9.17, 15) is 14.4 Å². The van der Waals surface area contributed by atoms with Crippen LogP contribution in [0.15, 0.2) is 0 Å². The van der Waals surface area contributed by atoms with Crippen molar-refractivity contribution in [1.29, 1.82) is 0 Å². The molecule has 1 saturated heterocycles. The number of amides is 4. The maximum absolute atomic E-state index is 11.5. The molecule has 1 aliphatic heterocycles. The molecule has 1 heterocycles. The van der Waals surface area contributed by atoms with E-state index in [4.69, 9.17) is 5.73 Å². The Labute approximate surface area is 81.2 Å². The Bertz CT molecular complexity index is 296. The highest BCUT2D eigenvalue weighted by Gasteiger charge is 2.54. The molecule has 0 aliphatic carbocycles. The molecule has 0 spiro atoms. The quantitative estimate of drug-likeness (QED) is 0.476. The van der Waals surface area contributed by atoms with Gasteiger partial charge in [-0.15, -0.1) is 0 Å². The minimum absolute atomic E-state index is 0.668. The van der Waals surface area contributed by atoms with Crippen LogP contribution in [0.3, 0.4) is 0 Å². The zero-order chi connectivity index (χ0) is 11.1. The first-order chi connectivity index (χ1) is 6.19. The molecule has 0 bridgehead atoms. The summed E-state index contributed by atoms with van der Waals surface area (Å²) in [7, 11) is 0. The van der Waals surface area contributed by atoms with Crippen LogP contribution in [0.1, 0.15) is 20.8 Å². The molecule has 0 aromatic heterocycles. The van der Waals surface area contributed by atoms with Crippen LogP contribution >= 0.6 is 0 Å². The van der Waals surface area contributed by atoms with Gasteiger partial charge in [0.1, 0.15) is 5.41 Å². The minimum Gasteiger partial charge on any atom is -0.324 e. The van der Waals surface area contributed by atoms with Crippen LogP contribution in [0, 0.1) is 5.41 Å². The second kappa shape index (κ2) is 2.78. The molecule has 0 radical (unpaired) electrons. The molecular formula is C8H13N3O3. The Balaban J connectivity index is 3.15. The molecule has 4 N–H and O–H groups in total. The van der Waals surface area contributed by atoms with Gasteiger partial charge in [-0.25, -0.2) is 4.79 Å². The Morgan fingerprint density at radius 3 is 1.79 bits per heavy atom. The Kier molecular flexibility index (Phi) is 2.11. The fourth-order valence-electron chi connectivity index (χ4n) is 1.18. The van der Waals surface area contributed by atoms with E-state index < -0.39 is 28.8 Å². The minimum atomic E-state index is -1.43. The number of hydrogen-bond acceptors (Lipinski definition) is 4. The molecule has 6 nitrogen and oxygen atoms in total. The van der Waals surface area contributed by atoms with Gasteiger partial charge in [0.05, 0.1) is 0 Å². The number of nitrogens with one attached hydrogen (secondary N) is 2. The first kappa shape index (κ1) is 10.6. The number of carbonyl (C=O) groups is 3. The van der Waals surface area contributed by atoms with Crippen molar-refractivity contribution in [1.82, 2.24) is 10.6 Å². The van der Waals surface area contributed by atoms with Crippen molar-refractivity contribution in [2.24, 2.45) is 11.1 Å². The molecule has 1 aliphatic rings. The van der Waals surface area contributed by atoms with E-state index in [1.165, 1.54) is 6.92 Å². The van der Waals surface area contributed by atoms with Crippen molar-refractivity contribution in [3.63, 3.8) is 0 Å². The molecule has 4 amide bonds. The summed E-state index contributed by atoms with van der Waals surface area (Å²) in [5, 5.41) is 4.03. The summed E-state index contributed by atoms with van der Waals surface area (Å²) in [5.74, 6) is -1.34. The van der Waals surface area contributed by atoms with Crippen LogP contribution in [0.25, 0.3) is 0 Å². The monoisotopic (exact) mass is 199 g/mol. The molecule has 0 atom stereocenters. The summed E-state index contributed by atoms with van der Waals surface area (Å²) in [6, 6.07) is -0.804. The Morgan fingerprint density at radius 1 is 1.14 bits per heavy atom. The molecule has 14 heavy (non-hydrogen) atoms. The number of nitrogens with two attached hydrogens (primary N) is 1. The topological polar surface area (TPSA) is 101 Å². The second-order valence-corrected chi connectivity index (χ2v) is 4.08. The molecule has 78 valence electrons. The second-order valence-electron chi connectivity index (χ2n) is 4.08. The van der Waals surface area contributed by atoms with Gasteiger partial charge in [0, 0.05) is 5.54 Å². The molecule has 0 aromatic carbocycles. The average Bonchev–Trinajstić information content (AvgIpc) is 1.97. The summed E-state index contributed by atoms with van der Waals surface area (Å²) in [6.45, 7) is 4.52. The first-order valence-electron chi connectivity index (χ1n) is 4.15. The van der Waals surface area contributed by atoms with Gasteiger partial charge in [-0.1, -0.05) is 0 Å². The van der Waals surface area contributed by atoms with Crippen LogP contribution in [-0.4, -0.2) is 23.4 Å². The van der Waals surface area contributed by atoms with E-state index in [0.29, 0.717) is 0 Å². The summed E-state index contributed by atoms with van der Waals surface area (Å²) in [5.41, 5.74) is 3.27. The van der Waals surface area contributed by atoms with Gasteiger partial charge in [-0.05, 0) is 20.8 Å². The van der Waals surface area contributed by atoms with Crippen LogP contribution in [0.4, 0.5) is 4.79 Å². The predicted molar refractivity (Wildman–Crippen MR) is 48.1 cm³/mol. The maximum atomic E-state index is 11.5. The summed E-state index contributed by atoms with van der Waals surface area (Å²) in [6.07, 6.45) is 0. The lowest BCUT2D eigenvalue weighted by molar-refractivity contribution is -0.147. The fraction of sp³-hybridized carbons (Fsp3) is 0.625. The Hall–Kier alpha value is -1.43. The van der Waals surface area contributed by atoms with Crippen LogP contribution in [-0.2, 0) is 9.59 Å². The number of barbiturate groups is 1. The van der Waals surface area contributed by atoms with Crippen LogP contribution < -0.4 is 16.4 Å². The molecule has 1 fully saturated rings. The molecular weight excluding hydrogens is 186 g/mol. The summed E-state index contributed by atoms with van der Waals surface area (Å²) >= 11 is 0. The van der Waals surface area contributed by atoms with Gasteiger partial charge in [-0.3, -0.25) is 20.2 Å². The number of imide groups is 2. The number of urea groups is 1. The largest absolute Gasteiger partial charge is 0.328 e. The lowest BCUT2D eigenvalue weighted by Gasteiger charge is -2.40. The van der Waals surface area contributed by atoms with E-state index in [-0.39, 0.29) is 0 Å². The van der Waals surface area contributed by atoms with E-state index in [0.717, 1.165) is 0 Å². The highest BCUT2D eigenvalue weighted by molar-refractivity contribution is 6.19. The SMILES string of the molecule is CC(C)(N)C1(C)C(=O)NC(=O)NC1=O. The lowest BCUT2D eigenvalue weighted by Crippen LogP contribution is -2.70. The number of rotatable bonds is 1. The van der Waals surface area contributed by atoms with Gasteiger partial charge in [0.2, 0.25) is 11.8 Å². The average molecular weight is 199 g/mol. The van der Waals surface area contributed by atoms with Gasteiger partial charge < -0.3 is 5.73 Å². The number of hydrogen-bond donors (Lipinski definition) is 3. The van der Waals surface area contributed by atoms with Gasteiger partial charge in [-0.2, -0.15) is 0 Å². The molecule has 0 aromatic rings. The van der Waals surface area contributed by atoms with Crippen molar-refractivity contribution in [3.05, 3.63) is 0 Å². The molecule has 0 unspecified atom stereocenters. The maximum Gasteiger partial charge on any atom is 0.328 e. The Morgan fingerprint density at radius 2 is 1.50 bits per heavy atom. The van der Waals surface area contributed by atoms with Crippen molar-refractivity contribution >= 4 is 17.8 Å². The lowest BCUT2D eigenvalue weighted by atomic mass is 9.71. The van der Waals surface area contributed by atoms with Crippen LogP contribution in [0.2, 0.25) is 0 Å². The van der Waals surface area contributed by atoms with Crippen molar-refractivity contribution in [2.75, 3.05) is 0 Å². The van der Waals surface area contributed by atoms with E-state index in [2.05, 4.69) is 0 Å². The fourth-order valence-corrected chi connectivity index (χ4v) is 1.18. The normalized spacial score (nSPS) is 21.6. The highest BCUT2D eigenvalue weighted by Crippen LogP contribution is 2.31. The summed E-state index contributed by atoms with van der Waals surface area (Å²) in [4.78, 5) is 33.8. The van der Waals surface area contributed by atoms with Crippen LogP contribution in [0.5, 0.6) is 0 Å². The smallest absolute Gasteiger partial charge is 0.324 e. The third-order valence-electron chi connectivity index (χ3n) is 2.65. The van der Waals surface area contributed by atoms with E-state index in [1.54, 1.807) is 13.8 Å². The van der Waals surface area contributed by atoms with E-state index in [1.807, 2.05) is 10.6 Å². The molecule has 0 saturated carbocycles. The van der Waals surface area contributed by atoms with Gasteiger partial charge in [0.15, 0.2) is 0 Å². The molecule has 6 heteroatoms. The van der Waals surface area contributed by atoms with Crippen molar-refractivity contribution < 1.29 is 14.4 Å². The highest BCUT2D eigenvalue weighted by atomic mass is 16.2. The van der Waals surface area contributed by atoms with E-state index >= 15 is 0 Å².